The number of thioether (sulfide) groups is 1. The number of alkyl halides is 4. The molecule has 1 aromatic rings. The average Bonchev–Trinajstić information content (AvgIpc) is 2.24. The molecule has 0 radical (unpaired) electrons. The van der Waals surface area contributed by atoms with Gasteiger partial charge in [-0.15, -0.1) is 11.6 Å². The first-order valence-corrected chi connectivity index (χ1v) is 8.08. The van der Waals surface area contributed by atoms with E-state index in [9.17, 15) is 21.6 Å². The topological polar surface area (TPSA) is 57.9 Å². The van der Waals surface area contributed by atoms with Crippen LogP contribution in [0, 0.1) is 11.3 Å². The molecule has 3 nitrogen and oxygen atoms in total. The average molecular weight is 350 g/mol. The molecule has 19 heavy (non-hydrogen) atoms. The van der Waals surface area contributed by atoms with E-state index in [1.807, 2.05) is 0 Å². The number of benzene rings is 1. The lowest BCUT2D eigenvalue weighted by Crippen LogP contribution is -2.04. The van der Waals surface area contributed by atoms with Gasteiger partial charge in [-0.25, -0.2) is 8.42 Å². The van der Waals surface area contributed by atoms with E-state index in [4.69, 9.17) is 27.5 Å². The smallest absolute Gasteiger partial charge is 0.207 e. The number of hydrogen-bond donors (Lipinski definition) is 0. The molecule has 0 bridgehead atoms. The summed E-state index contributed by atoms with van der Waals surface area (Å²) < 4.78 is 59.4. The van der Waals surface area contributed by atoms with Crippen molar-refractivity contribution in [2.24, 2.45) is 0 Å². The van der Waals surface area contributed by atoms with Crippen molar-refractivity contribution in [3.63, 3.8) is 0 Å². The number of hydrogen-bond acceptors (Lipinski definition) is 4. The van der Waals surface area contributed by atoms with Crippen LogP contribution < -0.4 is 0 Å². The van der Waals surface area contributed by atoms with E-state index in [1.54, 1.807) is 0 Å². The fraction of sp³-hybridized carbons (Fsp3) is 0.222. The van der Waals surface area contributed by atoms with Crippen molar-refractivity contribution in [1.82, 2.24) is 0 Å². The molecule has 0 aromatic heterocycles. The molecule has 0 aliphatic heterocycles. The summed E-state index contributed by atoms with van der Waals surface area (Å²) in [7, 11) is 0.868. The molecule has 0 atom stereocenters. The molecule has 1 rings (SSSR count). The minimum Gasteiger partial charge on any atom is -0.207 e. The van der Waals surface area contributed by atoms with Crippen LogP contribution in [0.2, 0.25) is 0 Å². The largest absolute Gasteiger partial charge is 0.446 e. The predicted molar refractivity (Wildman–Crippen MR) is 65.7 cm³/mol. The molecule has 1 aromatic carbocycles. The SMILES string of the molecule is N#Cc1c(S(=O)(=O)Cl)ccc(SC(F)(F)F)c1CCl. The van der Waals surface area contributed by atoms with Gasteiger partial charge in [0.2, 0.25) is 0 Å². The van der Waals surface area contributed by atoms with Gasteiger partial charge in [0.05, 0.1) is 5.56 Å². The maximum atomic E-state index is 12.3. The first-order valence-electron chi connectivity index (χ1n) is 4.42. The summed E-state index contributed by atoms with van der Waals surface area (Å²) in [6.45, 7) is 0. The predicted octanol–water partition coefficient (Wildman–Crippen LogP) is 3.84. The zero-order valence-corrected chi connectivity index (χ0v) is 12.0. The van der Waals surface area contributed by atoms with E-state index in [0.717, 1.165) is 12.1 Å². The second kappa shape index (κ2) is 5.79. The van der Waals surface area contributed by atoms with Crippen LogP contribution in [-0.4, -0.2) is 13.9 Å². The first kappa shape index (κ1) is 16.4. The molecule has 0 saturated carbocycles. The Hall–Kier alpha value is -0.620. The van der Waals surface area contributed by atoms with Crippen molar-refractivity contribution in [2.45, 2.75) is 21.2 Å². The molecule has 104 valence electrons. The molecular formula is C9H4Cl2F3NO2S2. The molecule has 0 aliphatic carbocycles. The monoisotopic (exact) mass is 349 g/mol. The fourth-order valence-corrected chi connectivity index (χ4v) is 3.35. The molecule has 0 heterocycles. The van der Waals surface area contributed by atoms with Crippen LogP contribution in [-0.2, 0) is 14.9 Å². The number of rotatable bonds is 3. The standard InChI is InChI=1S/C9H4Cl2F3NO2S2/c10-3-5-6(4-15)8(19(11,16)17)2-1-7(5)18-9(12,13)14/h1-2H,3H2. The Morgan fingerprint density at radius 3 is 2.32 bits per heavy atom. The lowest BCUT2D eigenvalue weighted by atomic mass is 10.1. The van der Waals surface area contributed by atoms with Crippen molar-refractivity contribution >= 4 is 43.1 Å². The van der Waals surface area contributed by atoms with Crippen molar-refractivity contribution in [1.29, 1.82) is 5.26 Å². The van der Waals surface area contributed by atoms with Gasteiger partial charge in [0, 0.05) is 21.5 Å². The second-order valence-corrected chi connectivity index (χ2v) is 7.05. The summed E-state index contributed by atoms with van der Waals surface area (Å²) in [5, 5.41) is 8.89. The van der Waals surface area contributed by atoms with Crippen LogP contribution in [0.25, 0.3) is 0 Å². The third-order valence-corrected chi connectivity index (χ3v) is 4.43. The van der Waals surface area contributed by atoms with Crippen LogP contribution in [0.4, 0.5) is 13.2 Å². The molecule has 0 aliphatic rings. The maximum absolute atomic E-state index is 12.3. The van der Waals surface area contributed by atoms with Gasteiger partial charge >= 0.3 is 5.51 Å². The Balaban J connectivity index is 3.54. The minimum absolute atomic E-state index is 0.215. The number of nitrogens with zero attached hydrogens (tertiary/aromatic N) is 1. The van der Waals surface area contributed by atoms with Gasteiger partial charge < -0.3 is 0 Å². The van der Waals surface area contributed by atoms with Crippen molar-refractivity contribution in [3.05, 3.63) is 23.3 Å². The van der Waals surface area contributed by atoms with Gasteiger partial charge in [0.1, 0.15) is 11.0 Å². The Morgan fingerprint density at radius 1 is 1.37 bits per heavy atom. The van der Waals surface area contributed by atoms with Crippen molar-refractivity contribution in [3.8, 4) is 6.07 Å². The number of halogens is 5. The van der Waals surface area contributed by atoms with E-state index in [1.165, 1.54) is 6.07 Å². The van der Waals surface area contributed by atoms with Gasteiger partial charge in [-0.1, -0.05) is 0 Å². The van der Waals surface area contributed by atoms with E-state index < -0.39 is 42.7 Å². The van der Waals surface area contributed by atoms with Crippen LogP contribution in [0.15, 0.2) is 21.9 Å². The van der Waals surface area contributed by atoms with E-state index in [2.05, 4.69) is 0 Å². The molecule has 0 spiro atoms. The molecule has 0 fully saturated rings. The highest BCUT2D eigenvalue weighted by Crippen LogP contribution is 2.41. The van der Waals surface area contributed by atoms with Gasteiger partial charge in [0.15, 0.2) is 0 Å². The number of nitriles is 1. The summed E-state index contributed by atoms with van der Waals surface area (Å²) in [5.41, 5.74) is -5.26. The van der Waals surface area contributed by atoms with Crippen LogP contribution in [0.5, 0.6) is 0 Å². The Kier molecular flexibility index (Phi) is 5.01. The van der Waals surface area contributed by atoms with Crippen LogP contribution in [0.1, 0.15) is 11.1 Å². The van der Waals surface area contributed by atoms with E-state index >= 15 is 0 Å². The third kappa shape index (κ3) is 4.18. The summed E-state index contributed by atoms with van der Waals surface area (Å²) in [6, 6.07) is 3.29. The molecule has 0 saturated heterocycles. The first-order chi connectivity index (χ1) is 8.60. The fourth-order valence-electron chi connectivity index (χ4n) is 1.29. The third-order valence-electron chi connectivity index (χ3n) is 1.97. The molecule has 0 unspecified atom stereocenters. The van der Waals surface area contributed by atoms with E-state index in [-0.39, 0.29) is 10.5 Å². The van der Waals surface area contributed by atoms with E-state index in [0.29, 0.717) is 0 Å². The summed E-state index contributed by atoms with van der Waals surface area (Å²) >= 11 is 5.02. The quantitative estimate of drug-likeness (QED) is 0.472. The van der Waals surface area contributed by atoms with Gasteiger partial charge in [-0.3, -0.25) is 0 Å². The highest BCUT2D eigenvalue weighted by Gasteiger charge is 2.32. The van der Waals surface area contributed by atoms with Crippen LogP contribution >= 0.6 is 34.0 Å². The molecule has 0 amide bonds. The van der Waals surface area contributed by atoms with Crippen molar-refractivity contribution < 1.29 is 21.6 Å². The summed E-state index contributed by atoms with van der Waals surface area (Å²) in [6.07, 6.45) is 0. The highest BCUT2D eigenvalue weighted by atomic mass is 35.7. The second-order valence-electron chi connectivity index (χ2n) is 3.15. The molecule has 10 heteroatoms. The van der Waals surface area contributed by atoms with Gasteiger partial charge in [-0.2, -0.15) is 18.4 Å². The maximum Gasteiger partial charge on any atom is 0.446 e. The van der Waals surface area contributed by atoms with Crippen LogP contribution in [0.3, 0.4) is 0 Å². The Morgan fingerprint density at radius 2 is 1.95 bits per heavy atom. The Labute approximate surface area is 120 Å². The highest BCUT2D eigenvalue weighted by molar-refractivity contribution is 8.13. The normalized spacial score (nSPS) is 12.2. The molecular weight excluding hydrogens is 346 g/mol. The molecule has 0 N–H and O–H groups in total. The van der Waals surface area contributed by atoms with Gasteiger partial charge in [0.25, 0.3) is 9.05 Å². The van der Waals surface area contributed by atoms with Crippen molar-refractivity contribution in [2.75, 3.05) is 0 Å². The zero-order valence-electron chi connectivity index (χ0n) is 8.83. The lowest BCUT2D eigenvalue weighted by molar-refractivity contribution is -0.0328. The van der Waals surface area contributed by atoms with Gasteiger partial charge in [-0.05, 0) is 29.5 Å². The Bertz CT molecular complexity index is 638. The minimum atomic E-state index is -4.57. The zero-order chi connectivity index (χ0) is 14.8. The lowest BCUT2D eigenvalue weighted by Gasteiger charge is -2.12. The summed E-state index contributed by atoms with van der Waals surface area (Å²) in [4.78, 5) is -0.887. The summed E-state index contributed by atoms with van der Waals surface area (Å²) in [5.74, 6) is -0.443.